The quantitative estimate of drug-likeness (QED) is 0.769. The van der Waals surface area contributed by atoms with Crippen molar-refractivity contribution in [3.8, 4) is 0 Å². The van der Waals surface area contributed by atoms with Crippen LogP contribution in [0.25, 0.3) is 0 Å². The molecule has 2 aromatic rings. The molecule has 0 aliphatic carbocycles. The van der Waals surface area contributed by atoms with Crippen LogP contribution in [0.15, 0.2) is 47.1 Å². The molecule has 1 saturated heterocycles. The van der Waals surface area contributed by atoms with Gasteiger partial charge in [-0.2, -0.15) is 0 Å². The lowest BCUT2D eigenvalue weighted by Gasteiger charge is -2.35. The molecule has 1 aliphatic rings. The summed E-state index contributed by atoms with van der Waals surface area (Å²) < 4.78 is 24.2. The van der Waals surface area contributed by atoms with Gasteiger partial charge in [0.15, 0.2) is 11.5 Å². The number of carbonyl (C=O) groups is 2. The number of hydrogen-bond donors (Lipinski definition) is 1. The Morgan fingerprint density at radius 1 is 1.23 bits per heavy atom. The van der Waals surface area contributed by atoms with Crippen LogP contribution in [0.1, 0.15) is 23.4 Å². The number of amides is 1. The highest BCUT2D eigenvalue weighted by Gasteiger charge is 2.27. The minimum Gasteiger partial charge on any atom is -0.461 e. The van der Waals surface area contributed by atoms with Crippen molar-refractivity contribution in [2.45, 2.75) is 18.9 Å². The van der Waals surface area contributed by atoms with Crippen molar-refractivity contribution >= 4 is 17.4 Å². The van der Waals surface area contributed by atoms with Crippen LogP contribution in [0.5, 0.6) is 0 Å². The van der Waals surface area contributed by atoms with E-state index < -0.39 is 5.82 Å². The van der Waals surface area contributed by atoms with E-state index in [1.165, 1.54) is 18.4 Å². The lowest BCUT2D eigenvalue weighted by atomic mass is 10.1. The zero-order chi connectivity index (χ0) is 18.4. The van der Waals surface area contributed by atoms with E-state index in [1.807, 2.05) is 0 Å². The van der Waals surface area contributed by atoms with Crippen molar-refractivity contribution in [2.24, 2.45) is 0 Å². The Balaban J connectivity index is 1.52. The van der Waals surface area contributed by atoms with Crippen molar-refractivity contribution in [1.29, 1.82) is 0 Å². The number of anilines is 1. The third kappa shape index (κ3) is 4.77. The topological polar surface area (TPSA) is 71.8 Å². The molecule has 0 saturated carbocycles. The molecule has 1 aromatic carbocycles. The molecule has 138 valence electrons. The van der Waals surface area contributed by atoms with E-state index in [0.717, 1.165) is 0 Å². The molecule has 7 heteroatoms. The summed E-state index contributed by atoms with van der Waals surface area (Å²) >= 11 is 0. The van der Waals surface area contributed by atoms with Gasteiger partial charge in [-0.05, 0) is 24.3 Å². The van der Waals surface area contributed by atoms with Gasteiger partial charge in [0.25, 0.3) is 0 Å². The molecule has 1 N–H and O–H groups in total. The van der Waals surface area contributed by atoms with Crippen LogP contribution in [0.3, 0.4) is 0 Å². The fourth-order valence-corrected chi connectivity index (χ4v) is 2.94. The second-order valence-electron chi connectivity index (χ2n) is 6.15. The van der Waals surface area contributed by atoms with E-state index in [-0.39, 0.29) is 36.3 Å². The number of morpholine rings is 1. The van der Waals surface area contributed by atoms with E-state index in [2.05, 4.69) is 10.2 Å². The highest BCUT2D eigenvalue weighted by atomic mass is 19.1. The first kappa shape index (κ1) is 18.3. The van der Waals surface area contributed by atoms with E-state index in [1.54, 1.807) is 24.3 Å². The van der Waals surface area contributed by atoms with Crippen LogP contribution in [0.4, 0.5) is 10.1 Å². The molecule has 1 amide bonds. The predicted octanol–water partition coefficient (Wildman–Crippen LogP) is 2.72. The second-order valence-corrected chi connectivity index (χ2v) is 6.15. The fourth-order valence-electron chi connectivity index (χ4n) is 2.94. The van der Waals surface area contributed by atoms with Gasteiger partial charge in [-0.15, -0.1) is 0 Å². The number of carbonyl (C=O) groups excluding carboxylic acids is 2. The van der Waals surface area contributed by atoms with E-state index in [4.69, 9.17) is 9.15 Å². The first-order valence-corrected chi connectivity index (χ1v) is 8.56. The van der Waals surface area contributed by atoms with Gasteiger partial charge in [0.2, 0.25) is 5.91 Å². The van der Waals surface area contributed by atoms with Crippen LogP contribution < -0.4 is 5.32 Å². The number of ketones is 1. The minimum absolute atomic E-state index is 0.0914. The zero-order valence-corrected chi connectivity index (χ0v) is 14.3. The average molecular weight is 360 g/mol. The Kier molecular flexibility index (Phi) is 6.14. The van der Waals surface area contributed by atoms with Gasteiger partial charge < -0.3 is 14.5 Å². The summed E-state index contributed by atoms with van der Waals surface area (Å²) in [5, 5.41) is 2.57. The lowest BCUT2D eigenvalue weighted by Crippen LogP contribution is -2.47. The van der Waals surface area contributed by atoms with E-state index in [9.17, 15) is 14.0 Å². The summed E-state index contributed by atoms with van der Waals surface area (Å²) in [7, 11) is 0. The van der Waals surface area contributed by atoms with Crippen LogP contribution in [-0.2, 0) is 9.53 Å². The molecular formula is C19H21FN2O4. The molecule has 1 aliphatic heterocycles. The number of Topliss-reactive ketones (excluding diaryl/α,β-unsaturated/α-hetero) is 1. The molecule has 0 radical (unpaired) electrons. The Morgan fingerprint density at radius 2 is 2.08 bits per heavy atom. The van der Waals surface area contributed by atoms with Crippen molar-refractivity contribution in [3.63, 3.8) is 0 Å². The van der Waals surface area contributed by atoms with Gasteiger partial charge in [-0.1, -0.05) is 12.1 Å². The highest BCUT2D eigenvalue weighted by Crippen LogP contribution is 2.16. The maximum Gasteiger partial charge on any atom is 0.225 e. The van der Waals surface area contributed by atoms with Crippen LogP contribution in [0.2, 0.25) is 0 Å². The number of rotatable bonds is 7. The number of nitrogens with one attached hydrogen (secondary N) is 1. The maximum absolute atomic E-state index is 13.6. The van der Waals surface area contributed by atoms with Gasteiger partial charge >= 0.3 is 0 Å². The van der Waals surface area contributed by atoms with Crippen molar-refractivity contribution < 1.29 is 23.1 Å². The normalized spacial score (nSPS) is 17.8. The monoisotopic (exact) mass is 360 g/mol. The Labute approximate surface area is 150 Å². The molecule has 0 bridgehead atoms. The van der Waals surface area contributed by atoms with Crippen LogP contribution in [0, 0.1) is 5.82 Å². The number of hydrogen-bond acceptors (Lipinski definition) is 5. The second kappa shape index (κ2) is 8.73. The number of nitrogens with zero attached hydrogens (tertiary/aromatic N) is 1. The number of para-hydroxylation sites is 1. The summed E-state index contributed by atoms with van der Waals surface area (Å²) in [6.45, 7) is 2.10. The van der Waals surface area contributed by atoms with Crippen molar-refractivity contribution in [1.82, 2.24) is 4.90 Å². The first-order valence-electron chi connectivity index (χ1n) is 8.56. The molecule has 1 unspecified atom stereocenters. The standard InChI is InChI=1S/C19H21FN2O4/c20-15-4-1-2-5-16(15)21-19(24)7-8-22-9-11-25-13-14(22)12-17(23)18-6-3-10-26-18/h1-6,10,14H,7-9,11-13H2,(H,21,24). The van der Waals surface area contributed by atoms with E-state index >= 15 is 0 Å². The molecular weight excluding hydrogens is 339 g/mol. The van der Waals surface area contributed by atoms with Crippen molar-refractivity contribution in [2.75, 3.05) is 31.6 Å². The van der Waals surface area contributed by atoms with Crippen LogP contribution in [-0.4, -0.2) is 48.9 Å². The summed E-state index contributed by atoms with van der Waals surface area (Å²) in [6, 6.07) is 9.26. The molecule has 0 spiro atoms. The third-order valence-electron chi connectivity index (χ3n) is 4.34. The SMILES string of the molecule is O=C(CCN1CCOCC1CC(=O)c1ccco1)Nc1ccccc1F. The summed E-state index contributed by atoms with van der Waals surface area (Å²) in [5.74, 6) is -0.494. The van der Waals surface area contributed by atoms with Crippen molar-refractivity contribution in [3.05, 3.63) is 54.2 Å². The van der Waals surface area contributed by atoms with Gasteiger partial charge in [0.05, 0.1) is 25.2 Å². The molecule has 6 nitrogen and oxygen atoms in total. The number of benzene rings is 1. The number of furan rings is 1. The first-order chi connectivity index (χ1) is 12.6. The molecule has 26 heavy (non-hydrogen) atoms. The molecule has 1 aromatic heterocycles. The Bertz CT molecular complexity index is 748. The Morgan fingerprint density at radius 3 is 2.85 bits per heavy atom. The van der Waals surface area contributed by atoms with Gasteiger partial charge in [0.1, 0.15) is 5.82 Å². The number of ether oxygens (including phenoxy) is 1. The van der Waals surface area contributed by atoms with Gasteiger partial charge in [0, 0.05) is 32.0 Å². The maximum atomic E-state index is 13.6. The van der Waals surface area contributed by atoms with Crippen LogP contribution >= 0.6 is 0 Å². The molecule has 1 atom stereocenters. The lowest BCUT2D eigenvalue weighted by molar-refractivity contribution is -0.117. The summed E-state index contributed by atoms with van der Waals surface area (Å²) in [6.07, 6.45) is 1.94. The predicted molar refractivity (Wildman–Crippen MR) is 93.5 cm³/mol. The smallest absolute Gasteiger partial charge is 0.225 e. The summed E-state index contributed by atoms with van der Waals surface area (Å²) in [4.78, 5) is 26.4. The molecule has 2 heterocycles. The third-order valence-corrected chi connectivity index (χ3v) is 4.34. The largest absolute Gasteiger partial charge is 0.461 e. The average Bonchev–Trinajstić information content (AvgIpc) is 3.18. The number of halogens is 1. The molecule has 1 fully saturated rings. The highest BCUT2D eigenvalue weighted by molar-refractivity contribution is 5.93. The van der Waals surface area contributed by atoms with Gasteiger partial charge in [-0.25, -0.2) is 4.39 Å². The fraction of sp³-hybridized carbons (Fsp3) is 0.368. The zero-order valence-electron chi connectivity index (χ0n) is 14.3. The van der Waals surface area contributed by atoms with Gasteiger partial charge in [-0.3, -0.25) is 14.5 Å². The minimum atomic E-state index is -0.464. The summed E-state index contributed by atoms with van der Waals surface area (Å²) in [5.41, 5.74) is 0.170. The Hall–Kier alpha value is -2.51. The molecule has 3 rings (SSSR count). The van der Waals surface area contributed by atoms with E-state index in [0.29, 0.717) is 32.1 Å².